The number of amides is 2. The van der Waals surface area contributed by atoms with Crippen LogP contribution >= 0.6 is 15.9 Å². The lowest BCUT2D eigenvalue weighted by atomic mass is 9.82. The van der Waals surface area contributed by atoms with E-state index in [2.05, 4.69) is 26.6 Å². The van der Waals surface area contributed by atoms with Crippen molar-refractivity contribution in [2.75, 3.05) is 5.32 Å². The molecule has 6 nitrogen and oxygen atoms in total. The number of aromatic nitrogens is 2. The molecule has 2 heterocycles. The fourth-order valence-electron chi connectivity index (χ4n) is 4.29. The monoisotopic (exact) mass is 500 g/mol. The summed E-state index contributed by atoms with van der Waals surface area (Å²) in [5.41, 5.74) is 3.95. The molecule has 3 aromatic carbocycles. The zero-order valence-electron chi connectivity index (χ0n) is 17.8. The Morgan fingerprint density at radius 1 is 0.970 bits per heavy atom. The van der Waals surface area contributed by atoms with E-state index in [1.165, 1.54) is 0 Å². The van der Waals surface area contributed by atoms with Gasteiger partial charge >= 0.3 is 0 Å². The van der Waals surface area contributed by atoms with Gasteiger partial charge in [-0.05, 0) is 48.9 Å². The Morgan fingerprint density at radius 2 is 1.61 bits per heavy atom. The topological polar surface area (TPSA) is 76.0 Å². The summed E-state index contributed by atoms with van der Waals surface area (Å²) in [6, 6.07) is 25.6. The molecule has 0 radical (unpaired) electrons. The van der Waals surface area contributed by atoms with Gasteiger partial charge in [-0.1, -0.05) is 64.5 Å². The number of carbonyl (C=O) groups is 2. The lowest BCUT2D eigenvalue weighted by molar-refractivity contribution is -0.118. The molecular formula is C26H21BrN4O2. The SMILES string of the molecule is Cc1nn(-c2ccccc2)c2c1C(c1ccc(Br)cc1)C(NC(=O)c1ccccc1)C(=O)N2. The Bertz CT molecular complexity index is 1320. The number of anilines is 1. The summed E-state index contributed by atoms with van der Waals surface area (Å²) in [7, 11) is 0. The van der Waals surface area contributed by atoms with Crippen LogP contribution in [0.2, 0.25) is 0 Å². The molecule has 33 heavy (non-hydrogen) atoms. The highest BCUT2D eigenvalue weighted by molar-refractivity contribution is 9.10. The number of para-hydroxylation sites is 1. The molecule has 0 fully saturated rings. The van der Waals surface area contributed by atoms with Gasteiger partial charge in [-0.15, -0.1) is 0 Å². The van der Waals surface area contributed by atoms with E-state index in [0.29, 0.717) is 11.4 Å². The number of carbonyl (C=O) groups excluding carboxylic acids is 2. The number of fused-ring (bicyclic) bond motifs is 1. The number of aryl methyl sites for hydroxylation is 1. The van der Waals surface area contributed by atoms with Gasteiger partial charge in [0.2, 0.25) is 5.91 Å². The molecule has 7 heteroatoms. The number of halogens is 1. The van der Waals surface area contributed by atoms with Crippen LogP contribution in [0.15, 0.2) is 89.4 Å². The first-order valence-electron chi connectivity index (χ1n) is 10.6. The number of benzene rings is 3. The number of hydrogen-bond donors (Lipinski definition) is 2. The van der Waals surface area contributed by atoms with E-state index in [0.717, 1.165) is 27.0 Å². The lowest BCUT2D eigenvalue weighted by Crippen LogP contribution is -2.50. The average molecular weight is 501 g/mol. The molecule has 2 N–H and O–H groups in total. The predicted molar refractivity (Wildman–Crippen MR) is 131 cm³/mol. The lowest BCUT2D eigenvalue weighted by Gasteiger charge is -2.33. The Kier molecular flexibility index (Phi) is 5.56. The molecule has 0 aliphatic carbocycles. The highest BCUT2D eigenvalue weighted by Crippen LogP contribution is 2.40. The molecule has 0 spiro atoms. The van der Waals surface area contributed by atoms with Crippen LogP contribution in [0, 0.1) is 6.92 Å². The first-order chi connectivity index (χ1) is 16.0. The molecule has 0 bridgehead atoms. The van der Waals surface area contributed by atoms with Crippen LogP contribution in [0.4, 0.5) is 5.82 Å². The van der Waals surface area contributed by atoms with Crippen LogP contribution in [-0.2, 0) is 4.79 Å². The zero-order chi connectivity index (χ0) is 22.9. The largest absolute Gasteiger partial charge is 0.339 e. The molecule has 1 aliphatic rings. The number of rotatable bonds is 4. The number of hydrogen-bond acceptors (Lipinski definition) is 3. The smallest absolute Gasteiger partial charge is 0.251 e. The molecule has 1 aromatic heterocycles. The summed E-state index contributed by atoms with van der Waals surface area (Å²) in [6.45, 7) is 1.93. The van der Waals surface area contributed by atoms with Gasteiger partial charge in [0, 0.05) is 21.5 Å². The van der Waals surface area contributed by atoms with E-state index in [-0.39, 0.29) is 11.8 Å². The third-order valence-corrected chi connectivity index (χ3v) is 6.36. The second-order valence-electron chi connectivity index (χ2n) is 7.93. The third-order valence-electron chi connectivity index (χ3n) is 5.83. The van der Waals surface area contributed by atoms with Crippen LogP contribution in [0.3, 0.4) is 0 Å². The zero-order valence-corrected chi connectivity index (χ0v) is 19.4. The van der Waals surface area contributed by atoms with Crippen molar-refractivity contribution in [2.24, 2.45) is 0 Å². The van der Waals surface area contributed by atoms with Gasteiger partial charge in [0.15, 0.2) is 0 Å². The van der Waals surface area contributed by atoms with Crippen molar-refractivity contribution in [3.63, 3.8) is 0 Å². The molecule has 0 saturated carbocycles. The van der Waals surface area contributed by atoms with Crippen LogP contribution in [0.25, 0.3) is 5.69 Å². The number of nitrogens with one attached hydrogen (secondary N) is 2. The molecule has 2 unspecified atom stereocenters. The van der Waals surface area contributed by atoms with E-state index < -0.39 is 12.0 Å². The van der Waals surface area contributed by atoms with Crippen molar-refractivity contribution in [3.8, 4) is 5.69 Å². The van der Waals surface area contributed by atoms with Crippen LogP contribution in [0.1, 0.15) is 33.1 Å². The van der Waals surface area contributed by atoms with Crippen molar-refractivity contribution in [3.05, 3.63) is 112 Å². The van der Waals surface area contributed by atoms with E-state index in [4.69, 9.17) is 5.10 Å². The van der Waals surface area contributed by atoms with Gasteiger partial charge in [-0.3, -0.25) is 9.59 Å². The molecule has 4 aromatic rings. The summed E-state index contributed by atoms with van der Waals surface area (Å²) in [6.07, 6.45) is 0. The average Bonchev–Trinajstić information content (AvgIpc) is 3.17. The Hall–Kier alpha value is -3.71. The standard InChI is InChI=1S/C26H21BrN4O2/c1-16-21-22(17-12-14-19(27)15-13-17)23(28-25(32)18-8-4-2-5-9-18)26(33)29-24(21)31(30-16)20-10-6-3-7-11-20/h2-15,22-23H,1H3,(H,28,32)(H,29,33). The second-order valence-corrected chi connectivity index (χ2v) is 8.85. The number of nitrogens with zero attached hydrogens (tertiary/aromatic N) is 2. The Balaban J connectivity index is 1.63. The highest BCUT2D eigenvalue weighted by atomic mass is 79.9. The highest BCUT2D eigenvalue weighted by Gasteiger charge is 2.41. The van der Waals surface area contributed by atoms with Crippen molar-refractivity contribution in [1.82, 2.24) is 15.1 Å². The maximum absolute atomic E-state index is 13.4. The first-order valence-corrected chi connectivity index (χ1v) is 11.4. The quantitative estimate of drug-likeness (QED) is 0.421. The van der Waals surface area contributed by atoms with Gasteiger partial charge < -0.3 is 10.6 Å². The molecule has 164 valence electrons. The minimum absolute atomic E-state index is 0.281. The van der Waals surface area contributed by atoms with E-state index in [1.54, 1.807) is 28.9 Å². The Labute approximate surface area is 199 Å². The summed E-state index contributed by atoms with van der Waals surface area (Å²) in [5, 5.41) is 10.7. The predicted octanol–water partition coefficient (Wildman–Crippen LogP) is 4.83. The van der Waals surface area contributed by atoms with E-state index in [1.807, 2.05) is 67.6 Å². The summed E-state index contributed by atoms with van der Waals surface area (Å²) in [5.74, 6) is -0.347. The third kappa shape index (κ3) is 3.96. The van der Waals surface area contributed by atoms with Gasteiger partial charge in [0.1, 0.15) is 11.9 Å². The van der Waals surface area contributed by atoms with E-state index in [9.17, 15) is 9.59 Å². The first kappa shape index (κ1) is 21.2. The van der Waals surface area contributed by atoms with Gasteiger partial charge in [-0.25, -0.2) is 4.68 Å². The van der Waals surface area contributed by atoms with Crippen molar-refractivity contribution in [2.45, 2.75) is 18.9 Å². The maximum Gasteiger partial charge on any atom is 0.251 e. The fourth-order valence-corrected chi connectivity index (χ4v) is 4.56. The Morgan fingerprint density at radius 3 is 2.27 bits per heavy atom. The van der Waals surface area contributed by atoms with Crippen molar-refractivity contribution < 1.29 is 9.59 Å². The fraction of sp³-hybridized carbons (Fsp3) is 0.115. The summed E-state index contributed by atoms with van der Waals surface area (Å²) >= 11 is 3.48. The summed E-state index contributed by atoms with van der Waals surface area (Å²) in [4.78, 5) is 26.4. The minimum atomic E-state index is -0.793. The summed E-state index contributed by atoms with van der Waals surface area (Å²) < 4.78 is 2.69. The van der Waals surface area contributed by atoms with Crippen LogP contribution in [0.5, 0.6) is 0 Å². The van der Waals surface area contributed by atoms with Gasteiger partial charge in [-0.2, -0.15) is 5.10 Å². The van der Waals surface area contributed by atoms with Crippen LogP contribution < -0.4 is 10.6 Å². The molecule has 2 amide bonds. The molecule has 1 aliphatic heterocycles. The van der Waals surface area contributed by atoms with E-state index >= 15 is 0 Å². The minimum Gasteiger partial charge on any atom is -0.339 e. The normalized spacial score (nSPS) is 17.2. The van der Waals surface area contributed by atoms with Crippen molar-refractivity contribution >= 4 is 33.6 Å². The second kappa shape index (κ2) is 8.67. The van der Waals surface area contributed by atoms with Crippen LogP contribution in [-0.4, -0.2) is 27.6 Å². The van der Waals surface area contributed by atoms with Crippen molar-refractivity contribution in [1.29, 1.82) is 0 Å². The molecule has 0 saturated heterocycles. The van der Waals surface area contributed by atoms with Gasteiger partial charge in [0.25, 0.3) is 5.91 Å². The van der Waals surface area contributed by atoms with Gasteiger partial charge in [0.05, 0.1) is 11.4 Å². The maximum atomic E-state index is 13.4. The molecule has 2 atom stereocenters. The molecule has 5 rings (SSSR count). The molecular weight excluding hydrogens is 480 g/mol.